The maximum atomic E-state index is 11.6. The number of nitrogens with zero attached hydrogens (tertiary/aromatic N) is 5. The number of rotatable bonds is 5. The van der Waals surface area contributed by atoms with Gasteiger partial charge in [0.25, 0.3) is 0 Å². The second-order valence-electron chi connectivity index (χ2n) is 8.74. The fraction of sp³-hybridized carbons (Fsp3) is 0.417. The van der Waals surface area contributed by atoms with Gasteiger partial charge in [-0.3, -0.25) is 14.6 Å². The van der Waals surface area contributed by atoms with Crippen LogP contribution in [0.4, 0.5) is 5.69 Å². The second-order valence-corrected chi connectivity index (χ2v) is 8.74. The summed E-state index contributed by atoms with van der Waals surface area (Å²) in [5.41, 5.74) is 3.66. The quantitative estimate of drug-likeness (QED) is 0.642. The monoisotopic (exact) mass is 448 g/mol. The van der Waals surface area contributed by atoms with E-state index in [1.807, 2.05) is 42.4 Å². The molecule has 2 aliphatic heterocycles. The summed E-state index contributed by atoms with van der Waals surface area (Å²) in [6, 6.07) is 7.98. The fourth-order valence-corrected chi connectivity index (χ4v) is 4.51. The number of hydrogen-bond acceptors (Lipinski definition) is 6. The molecular formula is C24H28N6O3. The Balaban J connectivity index is 1.35. The van der Waals surface area contributed by atoms with Gasteiger partial charge < -0.3 is 19.9 Å². The summed E-state index contributed by atoms with van der Waals surface area (Å²) < 4.78 is 8.10. The van der Waals surface area contributed by atoms with Crippen molar-refractivity contribution in [2.45, 2.75) is 26.4 Å². The molecule has 2 fully saturated rings. The largest absolute Gasteiger partial charge is 0.488 e. The molecule has 33 heavy (non-hydrogen) atoms. The van der Waals surface area contributed by atoms with E-state index in [1.165, 1.54) is 0 Å². The van der Waals surface area contributed by atoms with E-state index in [4.69, 9.17) is 9.72 Å². The molecule has 172 valence electrons. The van der Waals surface area contributed by atoms with E-state index < -0.39 is 0 Å². The molecular weight excluding hydrogens is 420 g/mol. The molecule has 3 aromatic rings. The highest BCUT2D eigenvalue weighted by atomic mass is 16.5. The Kier molecular flexibility index (Phi) is 5.62. The molecule has 9 nitrogen and oxygen atoms in total. The molecule has 2 atom stereocenters. The second kappa shape index (κ2) is 8.73. The van der Waals surface area contributed by atoms with Crippen molar-refractivity contribution < 1.29 is 14.3 Å². The maximum Gasteiger partial charge on any atom is 0.220 e. The van der Waals surface area contributed by atoms with Crippen LogP contribution in [0.2, 0.25) is 0 Å². The summed E-state index contributed by atoms with van der Waals surface area (Å²) in [7, 11) is 0. The van der Waals surface area contributed by atoms with E-state index >= 15 is 0 Å². The number of carbonyl (C=O) groups is 2. The van der Waals surface area contributed by atoms with E-state index in [0.717, 1.165) is 54.4 Å². The van der Waals surface area contributed by atoms with Crippen molar-refractivity contribution in [1.29, 1.82) is 0 Å². The van der Waals surface area contributed by atoms with Gasteiger partial charge in [0.1, 0.15) is 17.4 Å². The minimum atomic E-state index is -0.109. The number of fused-ring (bicyclic) bond motifs is 1. The van der Waals surface area contributed by atoms with Gasteiger partial charge in [-0.05, 0) is 31.2 Å². The Morgan fingerprint density at radius 2 is 2.03 bits per heavy atom. The van der Waals surface area contributed by atoms with Gasteiger partial charge in [-0.2, -0.15) is 5.10 Å². The smallest absolute Gasteiger partial charge is 0.220 e. The van der Waals surface area contributed by atoms with Crippen LogP contribution in [-0.2, 0) is 9.59 Å². The highest BCUT2D eigenvalue weighted by Crippen LogP contribution is 2.30. The summed E-state index contributed by atoms with van der Waals surface area (Å²) in [6.45, 7) is 7.32. The lowest BCUT2D eigenvalue weighted by Gasteiger charge is -2.35. The number of pyridine rings is 2. The highest BCUT2D eigenvalue weighted by molar-refractivity contribution is 5.78. The summed E-state index contributed by atoms with van der Waals surface area (Å²) >= 11 is 0. The Labute approximate surface area is 192 Å². The average molecular weight is 449 g/mol. The lowest BCUT2D eigenvalue weighted by atomic mass is 10.0. The topological polar surface area (TPSA) is 92.1 Å². The highest BCUT2D eigenvalue weighted by Gasteiger charge is 2.28. The Morgan fingerprint density at radius 1 is 1.21 bits per heavy atom. The number of aromatic nitrogens is 3. The minimum absolute atomic E-state index is 0.0747. The third kappa shape index (κ3) is 4.35. The molecule has 0 aliphatic carbocycles. The number of amides is 2. The molecule has 9 heteroatoms. The summed E-state index contributed by atoms with van der Waals surface area (Å²) in [5, 5.41) is 7.27. The normalized spacial score (nSPS) is 19.6. The molecule has 0 radical (unpaired) electrons. The predicted octanol–water partition coefficient (Wildman–Crippen LogP) is 1.97. The first-order valence-corrected chi connectivity index (χ1v) is 11.4. The molecule has 0 spiro atoms. The van der Waals surface area contributed by atoms with Crippen LogP contribution in [0.15, 0.2) is 42.9 Å². The standard InChI is InChI=1S/C24H28N6O3/c1-16(18-12-24(32)26-13-18)33-23-11-19(15-30-22(23)5-6-27-30)21-4-3-20(14-25-21)29-9-7-28(8-10-29)17(2)31/h3-6,11,14-16,18H,7-10,12-13H2,1-2H3,(H,26,32). The van der Waals surface area contributed by atoms with Gasteiger partial charge in [0.05, 0.1) is 23.8 Å². The first-order valence-electron chi connectivity index (χ1n) is 11.4. The van der Waals surface area contributed by atoms with Gasteiger partial charge in [0.2, 0.25) is 11.8 Å². The lowest BCUT2D eigenvalue weighted by molar-refractivity contribution is -0.129. The third-order valence-electron chi connectivity index (χ3n) is 6.59. The van der Waals surface area contributed by atoms with Gasteiger partial charge in [-0.15, -0.1) is 0 Å². The number of piperazine rings is 1. The van der Waals surface area contributed by atoms with Crippen LogP contribution in [-0.4, -0.2) is 70.1 Å². The molecule has 3 aromatic heterocycles. The predicted molar refractivity (Wildman–Crippen MR) is 124 cm³/mol. The van der Waals surface area contributed by atoms with Gasteiger partial charge in [0, 0.05) is 63.7 Å². The van der Waals surface area contributed by atoms with Crippen molar-refractivity contribution in [2.24, 2.45) is 5.92 Å². The van der Waals surface area contributed by atoms with E-state index in [2.05, 4.69) is 21.4 Å². The zero-order valence-electron chi connectivity index (χ0n) is 18.9. The summed E-state index contributed by atoms with van der Waals surface area (Å²) in [5.74, 6) is 1.07. The van der Waals surface area contributed by atoms with Gasteiger partial charge in [-0.1, -0.05) is 0 Å². The first kappa shape index (κ1) is 21.2. The van der Waals surface area contributed by atoms with Crippen LogP contribution in [0, 0.1) is 5.92 Å². The Morgan fingerprint density at radius 3 is 2.70 bits per heavy atom. The van der Waals surface area contributed by atoms with Crippen molar-refractivity contribution in [3.63, 3.8) is 0 Å². The van der Waals surface area contributed by atoms with Crippen molar-refractivity contribution in [1.82, 2.24) is 24.8 Å². The third-order valence-corrected chi connectivity index (χ3v) is 6.59. The Hall–Kier alpha value is -3.62. The van der Waals surface area contributed by atoms with Crippen LogP contribution < -0.4 is 15.0 Å². The molecule has 1 N–H and O–H groups in total. The van der Waals surface area contributed by atoms with Crippen molar-refractivity contribution in [3.05, 3.63) is 42.9 Å². The van der Waals surface area contributed by atoms with E-state index in [0.29, 0.717) is 13.0 Å². The van der Waals surface area contributed by atoms with Crippen LogP contribution in [0.5, 0.6) is 5.75 Å². The van der Waals surface area contributed by atoms with Gasteiger partial charge in [0.15, 0.2) is 0 Å². The zero-order valence-corrected chi connectivity index (χ0v) is 18.9. The molecule has 2 aliphatic rings. The number of carbonyl (C=O) groups excluding carboxylic acids is 2. The molecule has 5 heterocycles. The zero-order chi connectivity index (χ0) is 22.9. The van der Waals surface area contributed by atoms with Crippen molar-refractivity contribution >= 4 is 23.0 Å². The molecule has 0 saturated carbocycles. The number of anilines is 1. The van der Waals surface area contributed by atoms with Crippen molar-refractivity contribution in [3.8, 4) is 17.0 Å². The van der Waals surface area contributed by atoms with E-state index in [-0.39, 0.29) is 23.8 Å². The molecule has 0 aromatic carbocycles. The molecule has 0 bridgehead atoms. The summed E-state index contributed by atoms with van der Waals surface area (Å²) in [4.78, 5) is 32.0. The molecule has 2 unspecified atom stereocenters. The van der Waals surface area contributed by atoms with Crippen LogP contribution in [0.25, 0.3) is 16.8 Å². The number of nitrogens with one attached hydrogen (secondary N) is 1. The number of ether oxygens (including phenoxy) is 1. The first-order chi connectivity index (χ1) is 16.0. The van der Waals surface area contributed by atoms with Crippen LogP contribution in [0.1, 0.15) is 20.3 Å². The molecule has 2 amide bonds. The van der Waals surface area contributed by atoms with Gasteiger partial charge >= 0.3 is 0 Å². The number of hydrogen-bond donors (Lipinski definition) is 1. The van der Waals surface area contributed by atoms with Crippen LogP contribution in [0.3, 0.4) is 0 Å². The molecule has 5 rings (SSSR count). The Bertz CT molecular complexity index is 1170. The maximum absolute atomic E-state index is 11.6. The lowest BCUT2D eigenvalue weighted by Crippen LogP contribution is -2.48. The van der Waals surface area contributed by atoms with Crippen molar-refractivity contribution in [2.75, 3.05) is 37.6 Å². The minimum Gasteiger partial charge on any atom is -0.488 e. The van der Waals surface area contributed by atoms with Gasteiger partial charge in [-0.25, -0.2) is 4.52 Å². The van der Waals surface area contributed by atoms with E-state index in [9.17, 15) is 9.59 Å². The SMILES string of the molecule is CC(=O)N1CCN(c2ccc(-c3cc(OC(C)C4CNC(=O)C4)c4ccnn4c3)nc2)CC1. The van der Waals surface area contributed by atoms with E-state index in [1.54, 1.807) is 17.6 Å². The van der Waals surface area contributed by atoms with Crippen LogP contribution >= 0.6 is 0 Å². The average Bonchev–Trinajstić information content (AvgIpc) is 3.48. The fourth-order valence-electron chi connectivity index (χ4n) is 4.51. The molecule has 2 saturated heterocycles. The summed E-state index contributed by atoms with van der Waals surface area (Å²) in [6.07, 6.45) is 5.95.